The van der Waals surface area contributed by atoms with Gasteiger partial charge in [0.15, 0.2) is 0 Å². The van der Waals surface area contributed by atoms with Gasteiger partial charge in [-0.3, -0.25) is 0 Å². The lowest BCUT2D eigenvalue weighted by atomic mass is 10.1. The number of hydrogen-bond donors (Lipinski definition) is 1. The third kappa shape index (κ3) is 3.47. The van der Waals surface area contributed by atoms with Crippen LogP contribution in [0.1, 0.15) is 19.2 Å². The Balaban J connectivity index is 2.40. The molecule has 1 N–H and O–H groups in total. The fourth-order valence-electron chi connectivity index (χ4n) is 1.76. The van der Waals surface area contributed by atoms with Crippen LogP contribution in [0.25, 0.3) is 11.3 Å². The largest absolute Gasteiger partial charge is 0.370 e. The molecular weight excluding hydrogens is 248 g/mol. The number of rotatable bonds is 4. The van der Waals surface area contributed by atoms with Crippen LogP contribution in [0.2, 0.25) is 0 Å². The second kappa shape index (κ2) is 5.73. The van der Waals surface area contributed by atoms with E-state index < -0.39 is 11.6 Å². The van der Waals surface area contributed by atoms with E-state index in [0.717, 1.165) is 19.0 Å². The van der Waals surface area contributed by atoms with E-state index in [2.05, 4.69) is 15.3 Å². The maximum absolute atomic E-state index is 13.2. The molecule has 1 aromatic carbocycles. The Morgan fingerprint density at radius 1 is 1.05 bits per heavy atom. The van der Waals surface area contributed by atoms with Gasteiger partial charge >= 0.3 is 0 Å². The Labute approximate surface area is 110 Å². The van der Waals surface area contributed by atoms with Gasteiger partial charge in [-0.2, -0.15) is 0 Å². The second-order valence-corrected chi connectivity index (χ2v) is 4.27. The van der Waals surface area contributed by atoms with Crippen molar-refractivity contribution in [3.8, 4) is 11.3 Å². The molecule has 0 atom stereocenters. The molecule has 0 spiro atoms. The van der Waals surface area contributed by atoms with Crippen LogP contribution < -0.4 is 5.32 Å². The highest BCUT2D eigenvalue weighted by Gasteiger charge is 2.07. The van der Waals surface area contributed by atoms with Crippen molar-refractivity contribution in [1.29, 1.82) is 0 Å². The van der Waals surface area contributed by atoms with Crippen LogP contribution in [0, 0.1) is 18.6 Å². The summed E-state index contributed by atoms with van der Waals surface area (Å²) in [5.41, 5.74) is 0.909. The van der Waals surface area contributed by atoms with Gasteiger partial charge in [0.2, 0.25) is 0 Å². The molecule has 19 heavy (non-hydrogen) atoms. The topological polar surface area (TPSA) is 37.8 Å². The summed E-state index contributed by atoms with van der Waals surface area (Å²) in [6.07, 6.45) is 0.965. The van der Waals surface area contributed by atoms with Gasteiger partial charge in [0.05, 0.1) is 5.69 Å². The molecule has 2 aromatic rings. The zero-order valence-corrected chi connectivity index (χ0v) is 10.9. The summed E-state index contributed by atoms with van der Waals surface area (Å²) in [5, 5.41) is 3.14. The third-order valence-corrected chi connectivity index (χ3v) is 2.55. The lowest BCUT2D eigenvalue weighted by Crippen LogP contribution is -2.04. The highest BCUT2D eigenvalue weighted by Crippen LogP contribution is 2.22. The van der Waals surface area contributed by atoms with Crippen LogP contribution in [0.5, 0.6) is 0 Å². The number of aryl methyl sites for hydroxylation is 1. The lowest BCUT2D eigenvalue weighted by Gasteiger charge is -2.08. The average Bonchev–Trinajstić information content (AvgIpc) is 2.34. The number of anilines is 1. The summed E-state index contributed by atoms with van der Waals surface area (Å²) in [6.45, 7) is 4.58. The van der Waals surface area contributed by atoms with E-state index in [4.69, 9.17) is 0 Å². The molecule has 0 saturated heterocycles. The summed E-state index contributed by atoms with van der Waals surface area (Å²) in [5.74, 6) is -0.0153. The van der Waals surface area contributed by atoms with Gasteiger partial charge in [0.25, 0.3) is 0 Å². The maximum atomic E-state index is 13.2. The summed E-state index contributed by atoms with van der Waals surface area (Å²) >= 11 is 0. The van der Waals surface area contributed by atoms with Crippen molar-refractivity contribution in [3.05, 3.63) is 41.7 Å². The highest BCUT2D eigenvalue weighted by molar-refractivity contribution is 5.62. The Hall–Kier alpha value is -2.04. The van der Waals surface area contributed by atoms with Crippen molar-refractivity contribution in [2.24, 2.45) is 0 Å². The zero-order chi connectivity index (χ0) is 13.8. The van der Waals surface area contributed by atoms with Gasteiger partial charge in [0.1, 0.15) is 23.3 Å². The third-order valence-electron chi connectivity index (χ3n) is 2.55. The molecule has 5 heteroatoms. The van der Waals surface area contributed by atoms with Crippen molar-refractivity contribution in [2.45, 2.75) is 20.3 Å². The van der Waals surface area contributed by atoms with Gasteiger partial charge < -0.3 is 5.32 Å². The number of halogens is 2. The van der Waals surface area contributed by atoms with Gasteiger partial charge in [-0.1, -0.05) is 6.92 Å². The number of benzene rings is 1. The quantitative estimate of drug-likeness (QED) is 0.916. The number of hydrogen-bond acceptors (Lipinski definition) is 3. The van der Waals surface area contributed by atoms with Gasteiger partial charge in [-0.15, -0.1) is 0 Å². The molecule has 0 aliphatic rings. The summed E-state index contributed by atoms with van der Waals surface area (Å²) in [7, 11) is 0. The van der Waals surface area contributed by atoms with Crippen LogP contribution in [-0.2, 0) is 0 Å². The van der Waals surface area contributed by atoms with Crippen LogP contribution in [0.3, 0.4) is 0 Å². The van der Waals surface area contributed by atoms with Gasteiger partial charge in [0, 0.05) is 24.2 Å². The first-order chi connectivity index (χ1) is 9.08. The first kappa shape index (κ1) is 13.4. The van der Waals surface area contributed by atoms with E-state index in [1.165, 1.54) is 12.1 Å². The Bertz CT molecular complexity index is 565. The maximum Gasteiger partial charge on any atom is 0.130 e. The van der Waals surface area contributed by atoms with E-state index in [1.807, 2.05) is 6.92 Å². The molecule has 0 aliphatic carbocycles. The molecule has 0 bridgehead atoms. The average molecular weight is 263 g/mol. The van der Waals surface area contributed by atoms with E-state index >= 15 is 0 Å². The smallest absolute Gasteiger partial charge is 0.130 e. The van der Waals surface area contributed by atoms with Crippen molar-refractivity contribution in [1.82, 2.24) is 9.97 Å². The van der Waals surface area contributed by atoms with E-state index in [0.29, 0.717) is 22.9 Å². The second-order valence-electron chi connectivity index (χ2n) is 4.27. The summed E-state index contributed by atoms with van der Waals surface area (Å²) in [4.78, 5) is 8.44. The summed E-state index contributed by atoms with van der Waals surface area (Å²) in [6, 6.07) is 5.05. The van der Waals surface area contributed by atoms with Crippen molar-refractivity contribution in [2.75, 3.05) is 11.9 Å². The SMILES string of the molecule is CCCNc1cc(-c2cc(F)cc(F)c2)nc(C)n1. The molecule has 100 valence electrons. The van der Waals surface area contributed by atoms with E-state index in [-0.39, 0.29) is 0 Å². The van der Waals surface area contributed by atoms with Crippen molar-refractivity contribution < 1.29 is 8.78 Å². The fraction of sp³-hybridized carbons (Fsp3) is 0.286. The van der Waals surface area contributed by atoms with Crippen molar-refractivity contribution >= 4 is 5.82 Å². The fourth-order valence-corrected chi connectivity index (χ4v) is 1.76. The standard InChI is InChI=1S/C14H15F2N3/c1-3-4-17-14-8-13(18-9(2)19-14)10-5-11(15)7-12(16)6-10/h5-8H,3-4H2,1-2H3,(H,17,18,19). The molecule has 1 aromatic heterocycles. The predicted molar refractivity (Wildman–Crippen MR) is 70.9 cm³/mol. The normalized spacial score (nSPS) is 10.5. The molecule has 0 radical (unpaired) electrons. The first-order valence-corrected chi connectivity index (χ1v) is 6.14. The molecule has 2 rings (SSSR count). The number of nitrogens with zero attached hydrogens (tertiary/aromatic N) is 2. The summed E-state index contributed by atoms with van der Waals surface area (Å²) < 4.78 is 26.4. The predicted octanol–water partition coefficient (Wildman–Crippen LogP) is 3.55. The van der Waals surface area contributed by atoms with Crippen molar-refractivity contribution in [3.63, 3.8) is 0 Å². The Morgan fingerprint density at radius 3 is 2.37 bits per heavy atom. The molecule has 1 heterocycles. The minimum atomic E-state index is -0.616. The molecule has 0 fully saturated rings. The number of aromatic nitrogens is 2. The Morgan fingerprint density at radius 2 is 1.74 bits per heavy atom. The lowest BCUT2D eigenvalue weighted by molar-refractivity contribution is 0.584. The van der Waals surface area contributed by atoms with Gasteiger partial charge in [-0.25, -0.2) is 18.7 Å². The zero-order valence-electron chi connectivity index (χ0n) is 10.9. The molecule has 0 saturated carbocycles. The molecule has 0 amide bonds. The molecule has 0 aliphatic heterocycles. The number of nitrogens with one attached hydrogen (secondary N) is 1. The molecule has 0 unspecified atom stereocenters. The van der Waals surface area contributed by atoms with E-state index in [1.54, 1.807) is 13.0 Å². The minimum absolute atomic E-state index is 0.405. The van der Waals surface area contributed by atoms with Crippen LogP contribution in [0.15, 0.2) is 24.3 Å². The minimum Gasteiger partial charge on any atom is -0.370 e. The van der Waals surface area contributed by atoms with Crippen LogP contribution >= 0.6 is 0 Å². The van der Waals surface area contributed by atoms with E-state index in [9.17, 15) is 8.78 Å². The molecular formula is C14H15F2N3. The van der Waals surface area contributed by atoms with Gasteiger partial charge in [-0.05, 0) is 25.5 Å². The highest BCUT2D eigenvalue weighted by atomic mass is 19.1. The van der Waals surface area contributed by atoms with Crippen LogP contribution in [-0.4, -0.2) is 16.5 Å². The van der Waals surface area contributed by atoms with Crippen LogP contribution in [0.4, 0.5) is 14.6 Å². The first-order valence-electron chi connectivity index (χ1n) is 6.14. The monoisotopic (exact) mass is 263 g/mol. The Kier molecular flexibility index (Phi) is 4.04. The molecule has 3 nitrogen and oxygen atoms in total.